The van der Waals surface area contributed by atoms with Gasteiger partial charge >= 0.3 is 5.82 Å². The third kappa shape index (κ3) is 1.61. The summed E-state index contributed by atoms with van der Waals surface area (Å²) in [5.74, 6) is -0.389. The van der Waals surface area contributed by atoms with Crippen molar-refractivity contribution >= 4 is 11.6 Å². The van der Waals surface area contributed by atoms with Crippen molar-refractivity contribution in [1.29, 1.82) is 0 Å². The monoisotopic (exact) mass is 239 g/mol. The van der Waals surface area contributed by atoms with Gasteiger partial charge in [0.15, 0.2) is 5.78 Å². The Bertz CT molecular complexity index is 485. The fourth-order valence-corrected chi connectivity index (χ4v) is 2.10. The lowest BCUT2D eigenvalue weighted by molar-refractivity contribution is -0.389. The SMILES string of the molecule is O=C1C[C@H](n2ccc([N+](=O)[O-])n2)[C@@H]2CO[C@H]1O2. The van der Waals surface area contributed by atoms with Crippen LogP contribution in [0.2, 0.25) is 0 Å². The van der Waals surface area contributed by atoms with Crippen LogP contribution >= 0.6 is 0 Å². The van der Waals surface area contributed by atoms with Crippen LogP contribution in [0.1, 0.15) is 12.5 Å². The Morgan fingerprint density at radius 3 is 3.12 bits per heavy atom. The van der Waals surface area contributed by atoms with Crippen LogP contribution in [-0.4, -0.2) is 39.5 Å². The second kappa shape index (κ2) is 3.60. The predicted octanol–water partition coefficient (Wildman–Crippen LogP) is 0.0467. The Kier molecular flexibility index (Phi) is 2.20. The lowest BCUT2D eigenvalue weighted by Gasteiger charge is -2.24. The third-order valence-electron chi connectivity index (χ3n) is 2.93. The van der Waals surface area contributed by atoms with E-state index in [1.165, 1.54) is 16.9 Å². The van der Waals surface area contributed by atoms with Crippen LogP contribution < -0.4 is 0 Å². The number of nitro groups is 1. The molecule has 2 aliphatic heterocycles. The molecule has 17 heavy (non-hydrogen) atoms. The summed E-state index contributed by atoms with van der Waals surface area (Å²) < 4.78 is 11.9. The zero-order valence-corrected chi connectivity index (χ0v) is 8.68. The maximum Gasteiger partial charge on any atom is 0.389 e. The van der Waals surface area contributed by atoms with Crippen LogP contribution in [0.4, 0.5) is 5.82 Å². The number of Topliss-reactive ketones (excluding diaryl/α,β-unsaturated/α-hetero) is 1. The van der Waals surface area contributed by atoms with E-state index in [2.05, 4.69) is 5.10 Å². The summed E-state index contributed by atoms with van der Waals surface area (Å²) in [5, 5.41) is 14.3. The van der Waals surface area contributed by atoms with Crippen LogP contribution in [0.3, 0.4) is 0 Å². The van der Waals surface area contributed by atoms with E-state index >= 15 is 0 Å². The van der Waals surface area contributed by atoms with Crippen molar-refractivity contribution in [2.45, 2.75) is 24.9 Å². The second-order valence-electron chi connectivity index (χ2n) is 3.99. The van der Waals surface area contributed by atoms with E-state index in [1.54, 1.807) is 0 Å². The summed E-state index contributed by atoms with van der Waals surface area (Å²) in [7, 11) is 0. The average molecular weight is 239 g/mol. The van der Waals surface area contributed by atoms with Gasteiger partial charge in [-0.3, -0.25) is 4.79 Å². The van der Waals surface area contributed by atoms with Crippen LogP contribution in [-0.2, 0) is 14.3 Å². The van der Waals surface area contributed by atoms with E-state index < -0.39 is 11.2 Å². The van der Waals surface area contributed by atoms with Crippen molar-refractivity contribution < 1.29 is 19.2 Å². The Labute approximate surface area is 95.3 Å². The summed E-state index contributed by atoms with van der Waals surface area (Å²) in [6.07, 6.45) is 0.686. The first kappa shape index (κ1) is 10.4. The lowest BCUT2D eigenvalue weighted by atomic mass is 10.0. The molecule has 8 heteroatoms. The summed E-state index contributed by atoms with van der Waals surface area (Å²) in [5.41, 5.74) is 0. The molecule has 3 atom stereocenters. The number of fused-ring (bicyclic) bond motifs is 2. The van der Waals surface area contributed by atoms with Gasteiger partial charge in [0.05, 0.1) is 24.0 Å². The molecule has 1 aromatic rings. The van der Waals surface area contributed by atoms with Crippen molar-refractivity contribution in [3.05, 3.63) is 22.4 Å². The fourth-order valence-electron chi connectivity index (χ4n) is 2.10. The first-order chi connectivity index (χ1) is 8.15. The highest BCUT2D eigenvalue weighted by Gasteiger charge is 2.45. The van der Waals surface area contributed by atoms with Crippen molar-refractivity contribution in [2.24, 2.45) is 0 Å². The molecule has 2 bridgehead atoms. The lowest BCUT2D eigenvalue weighted by Crippen LogP contribution is -2.37. The minimum atomic E-state index is -0.762. The van der Waals surface area contributed by atoms with Gasteiger partial charge in [-0.25, -0.2) is 0 Å². The zero-order chi connectivity index (χ0) is 12.0. The number of carbonyl (C=O) groups is 1. The number of hydrogen-bond donors (Lipinski definition) is 0. The summed E-state index contributed by atoms with van der Waals surface area (Å²) in [6.45, 7) is 0.314. The van der Waals surface area contributed by atoms with E-state index in [-0.39, 0.29) is 30.2 Å². The molecule has 90 valence electrons. The molecular weight excluding hydrogens is 230 g/mol. The maximum atomic E-state index is 11.6. The molecule has 0 amide bonds. The largest absolute Gasteiger partial charge is 0.389 e. The number of aromatic nitrogens is 2. The quantitative estimate of drug-likeness (QED) is 0.534. The number of nitrogens with zero attached hydrogens (tertiary/aromatic N) is 3. The number of rotatable bonds is 2. The van der Waals surface area contributed by atoms with Crippen LogP contribution in [0.5, 0.6) is 0 Å². The molecule has 2 fully saturated rings. The van der Waals surface area contributed by atoms with Gasteiger partial charge in [0.25, 0.3) is 0 Å². The van der Waals surface area contributed by atoms with Crippen molar-refractivity contribution in [1.82, 2.24) is 9.78 Å². The van der Waals surface area contributed by atoms with Crippen LogP contribution in [0.25, 0.3) is 0 Å². The first-order valence-electron chi connectivity index (χ1n) is 5.14. The standard InChI is InChI=1S/C9H9N3O5/c13-6-3-5(7-4-16-9(6)17-7)11-2-1-8(10-11)12(14)15/h1-2,5,7,9H,3-4H2/t5-,7-,9-/m0/s1. The number of ether oxygens (including phenoxy) is 2. The van der Waals surface area contributed by atoms with Gasteiger partial charge in [-0.05, 0) is 4.92 Å². The molecule has 0 aromatic carbocycles. The smallest absolute Gasteiger partial charge is 0.358 e. The Morgan fingerprint density at radius 1 is 1.59 bits per heavy atom. The third-order valence-corrected chi connectivity index (χ3v) is 2.93. The van der Waals surface area contributed by atoms with Gasteiger partial charge in [-0.1, -0.05) is 0 Å². The molecular formula is C9H9N3O5. The molecule has 0 radical (unpaired) electrons. The molecule has 3 rings (SSSR count). The first-order valence-corrected chi connectivity index (χ1v) is 5.14. The Balaban J connectivity index is 1.87. The van der Waals surface area contributed by atoms with E-state index in [9.17, 15) is 14.9 Å². The fraction of sp³-hybridized carbons (Fsp3) is 0.556. The Hall–Kier alpha value is -1.80. The molecule has 2 aliphatic rings. The number of carbonyl (C=O) groups excluding carboxylic acids is 1. The normalized spacial score (nSPS) is 31.8. The van der Waals surface area contributed by atoms with Gasteiger partial charge in [-0.15, -0.1) is 0 Å². The molecule has 0 unspecified atom stereocenters. The molecule has 1 aromatic heterocycles. The Morgan fingerprint density at radius 2 is 2.41 bits per heavy atom. The number of hydrogen-bond acceptors (Lipinski definition) is 6. The minimum absolute atomic E-state index is 0.151. The molecule has 0 aliphatic carbocycles. The maximum absolute atomic E-state index is 11.6. The van der Waals surface area contributed by atoms with Gasteiger partial charge in [0.2, 0.25) is 6.29 Å². The number of ketones is 1. The molecule has 0 N–H and O–H groups in total. The van der Waals surface area contributed by atoms with Gasteiger partial charge < -0.3 is 19.6 Å². The summed E-state index contributed by atoms with van der Waals surface area (Å²) >= 11 is 0. The van der Waals surface area contributed by atoms with E-state index in [4.69, 9.17) is 9.47 Å². The van der Waals surface area contributed by atoms with Gasteiger partial charge in [0.1, 0.15) is 12.1 Å². The van der Waals surface area contributed by atoms with E-state index in [1.807, 2.05) is 0 Å². The highest BCUT2D eigenvalue weighted by molar-refractivity contribution is 5.83. The van der Waals surface area contributed by atoms with Gasteiger partial charge in [-0.2, -0.15) is 4.68 Å². The van der Waals surface area contributed by atoms with Crippen molar-refractivity contribution in [2.75, 3.05) is 6.61 Å². The molecule has 8 nitrogen and oxygen atoms in total. The zero-order valence-electron chi connectivity index (χ0n) is 8.68. The molecule has 0 spiro atoms. The highest BCUT2D eigenvalue weighted by atomic mass is 16.7. The van der Waals surface area contributed by atoms with Crippen LogP contribution in [0, 0.1) is 10.1 Å². The topological polar surface area (TPSA) is 96.5 Å². The highest BCUT2D eigenvalue weighted by Crippen LogP contribution is 2.32. The van der Waals surface area contributed by atoms with E-state index in [0.29, 0.717) is 6.61 Å². The summed E-state index contributed by atoms with van der Waals surface area (Å²) in [4.78, 5) is 21.5. The molecule has 0 saturated carbocycles. The minimum Gasteiger partial charge on any atom is -0.358 e. The summed E-state index contributed by atoms with van der Waals surface area (Å²) in [6, 6.07) is 0.974. The molecule has 3 heterocycles. The van der Waals surface area contributed by atoms with Crippen molar-refractivity contribution in [3.8, 4) is 0 Å². The van der Waals surface area contributed by atoms with Crippen LogP contribution in [0.15, 0.2) is 12.3 Å². The average Bonchev–Trinajstić information content (AvgIpc) is 2.93. The van der Waals surface area contributed by atoms with E-state index in [0.717, 1.165) is 0 Å². The van der Waals surface area contributed by atoms with Crippen molar-refractivity contribution in [3.63, 3.8) is 0 Å². The molecule has 2 saturated heterocycles. The second-order valence-corrected chi connectivity index (χ2v) is 3.99. The predicted molar refractivity (Wildman–Crippen MR) is 52.2 cm³/mol. The van der Waals surface area contributed by atoms with Gasteiger partial charge in [0, 0.05) is 6.42 Å².